The molecule has 70 heavy (non-hydrogen) atoms. The topological polar surface area (TPSA) is 230 Å². The fourth-order valence-corrected chi connectivity index (χ4v) is 14.6. The number of rotatable bonds is 10. The van der Waals surface area contributed by atoms with E-state index in [0.717, 1.165) is 49.8 Å². The van der Waals surface area contributed by atoms with E-state index in [-0.39, 0.29) is 79.2 Å². The number of hydrogen-bond donors (Lipinski definition) is 4. The Kier molecular flexibility index (Phi) is 13.8. The quantitative estimate of drug-likeness (QED) is 0.146. The molecule has 0 bridgehead atoms. The number of aliphatic hydroxyl groups excluding tert-OH is 3. The van der Waals surface area contributed by atoms with Crippen LogP contribution < -0.4 is 4.90 Å². The fourth-order valence-electron chi connectivity index (χ4n) is 14.6. The number of carbonyl (C=O) groups is 4. The lowest BCUT2D eigenvalue weighted by molar-refractivity contribution is -0.329. The number of hydroxylamine groups is 2. The van der Waals surface area contributed by atoms with Crippen molar-refractivity contribution in [1.82, 2.24) is 5.06 Å². The van der Waals surface area contributed by atoms with Crippen LogP contribution in [-0.2, 0) is 52.4 Å². The largest absolute Gasteiger partial charge is 0.458 e. The minimum absolute atomic E-state index is 0.0167. The van der Waals surface area contributed by atoms with Gasteiger partial charge in [0.25, 0.3) is 11.8 Å². The van der Waals surface area contributed by atoms with Crippen molar-refractivity contribution in [3.8, 4) is 0 Å². The number of esters is 1. The molecule has 2 amide bonds. The van der Waals surface area contributed by atoms with Crippen LogP contribution in [0.5, 0.6) is 0 Å². The molecule has 6 unspecified atom stereocenters. The predicted molar refractivity (Wildman–Crippen MR) is 246 cm³/mol. The van der Waals surface area contributed by atoms with Crippen LogP contribution >= 0.6 is 0 Å². The molecule has 0 aromatic heterocycles. The average Bonchev–Trinajstić information content (AvgIpc) is 3.93. The Morgan fingerprint density at radius 3 is 2.04 bits per heavy atom. The van der Waals surface area contributed by atoms with Gasteiger partial charge in [-0.15, -0.1) is 5.06 Å². The minimum Gasteiger partial charge on any atom is -0.458 e. The van der Waals surface area contributed by atoms with E-state index in [1.807, 2.05) is 27.7 Å². The van der Waals surface area contributed by atoms with Crippen LogP contribution in [-0.4, -0.2) is 148 Å². The third-order valence-electron chi connectivity index (χ3n) is 18.4. The molecule has 10 rings (SSSR count). The van der Waals surface area contributed by atoms with Gasteiger partial charge in [-0.1, -0.05) is 13.8 Å². The first kappa shape index (κ1) is 50.0. The zero-order chi connectivity index (χ0) is 49.4. The summed E-state index contributed by atoms with van der Waals surface area (Å²) in [6.45, 7) is 11.3. The van der Waals surface area contributed by atoms with Crippen LogP contribution in [0.15, 0.2) is 35.9 Å². The van der Waals surface area contributed by atoms with Gasteiger partial charge in [-0.2, -0.15) is 0 Å². The van der Waals surface area contributed by atoms with Gasteiger partial charge in [0.15, 0.2) is 18.9 Å². The fraction of sp³-hybridized carbons (Fsp3) is 0.769. The predicted octanol–water partition coefficient (Wildman–Crippen LogP) is 4.22. The molecule has 18 heteroatoms. The highest BCUT2D eigenvalue weighted by Crippen LogP contribution is 2.70. The molecule has 4 saturated heterocycles. The van der Waals surface area contributed by atoms with E-state index in [4.69, 9.17) is 38.0 Å². The SMILES string of the molecule is CC1CN(c2ccc(C(=O)ON3C(=O)CCC3=O)cc2)CC[C@H](O[C@H]2[C@@H](O)C[C@H](O[C@@H]3C(C)O[C@@H](O[C@H]4CCC5(C)C(CC[C@@H]6[C@@H]5CC(O)C5(C)[C@@H](C7=CC(=O)OC7)CC[C@]65O)C4)C[C@@H]3O)O[C@@H]2C)O1. The van der Waals surface area contributed by atoms with Gasteiger partial charge in [-0.25, -0.2) is 9.59 Å². The van der Waals surface area contributed by atoms with Crippen molar-refractivity contribution >= 4 is 29.4 Å². The highest BCUT2D eigenvalue weighted by atomic mass is 16.7. The van der Waals surface area contributed by atoms with E-state index in [0.29, 0.717) is 43.3 Å². The molecule has 5 aliphatic heterocycles. The zero-order valence-corrected chi connectivity index (χ0v) is 41.0. The molecule has 0 spiro atoms. The smallest absolute Gasteiger partial charge is 0.363 e. The Bertz CT molecular complexity index is 2140. The number of benzene rings is 1. The summed E-state index contributed by atoms with van der Waals surface area (Å²) in [5, 5.41) is 48.0. The lowest BCUT2D eigenvalue weighted by Crippen LogP contribution is -2.67. The third-order valence-corrected chi connectivity index (χ3v) is 18.4. The van der Waals surface area contributed by atoms with Crippen LogP contribution in [0, 0.1) is 34.5 Å². The summed E-state index contributed by atoms with van der Waals surface area (Å²) in [6, 6.07) is 6.71. The maximum atomic E-state index is 12.6. The Balaban J connectivity index is 0.681. The first-order valence-corrected chi connectivity index (χ1v) is 25.8. The average molecular weight is 981 g/mol. The number of aliphatic hydroxyl groups is 4. The second-order valence-electron chi connectivity index (χ2n) is 22.4. The number of carbonyl (C=O) groups excluding carboxylic acids is 4. The second-order valence-corrected chi connectivity index (χ2v) is 22.4. The summed E-state index contributed by atoms with van der Waals surface area (Å²) < 4.78 is 43.5. The van der Waals surface area contributed by atoms with Crippen molar-refractivity contribution in [2.24, 2.45) is 34.5 Å². The van der Waals surface area contributed by atoms with E-state index >= 15 is 0 Å². The molecule has 18 nitrogen and oxygen atoms in total. The first-order valence-electron chi connectivity index (χ1n) is 25.8. The molecule has 4 aliphatic carbocycles. The number of amides is 2. The van der Waals surface area contributed by atoms with Gasteiger partial charge < -0.3 is 63.3 Å². The molecule has 5 heterocycles. The third kappa shape index (κ3) is 9.03. The van der Waals surface area contributed by atoms with Gasteiger partial charge in [-0.3, -0.25) is 9.59 Å². The summed E-state index contributed by atoms with van der Waals surface area (Å²) >= 11 is 0. The number of ether oxygens (including phenoxy) is 7. The van der Waals surface area contributed by atoms with Gasteiger partial charge in [0.05, 0.1) is 53.9 Å². The number of nitrogens with zero attached hydrogens (tertiary/aromatic N) is 2. The monoisotopic (exact) mass is 980 g/mol. The molecule has 1 aromatic carbocycles. The number of fused-ring (bicyclic) bond motifs is 5. The highest BCUT2D eigenvalue weighted by molar-refractivity contribution is 6.02. The normalized spacial score (nSPS) is 45.3. The molecule has 0 radical (unpaired) electrons. The summed E-state index contributed by atoms with van der Waals surface area (Å²) in [4.78, 5) is 55.6. The Morgan fingerprint density at radius 1 is 0.743 bits per heavy atom. The molecule has 4 saturated carbocycles. The van der Waals surface area contributed by atoms with Crippen molar-refractivity contribution in [2.75, 3.05) is 24.6 Å². The molecule has 19 atom stereocenters. The van der Waals surface area contributed by atoms with Crippen molar-refractivity contribution in [1.29, 1.82) is 0 Å². The van der Waals surface area contributed by atoms with E-state index in [2.05, 4.69) is 11.8 Å². The van der Waals surface area contributed by atoms with E-state index in [9.17, 15) is 39.6 Å². The number of cyclic esters (lactones) is 1. The van der Waals surface area contributed by atoms with E-state index in [1.54, 1.807) is 30.3 Å². The van der Waals surface area contributed by atoms with Crippen LogP contribution in [0.25, 0.3) is 0 Å². The maximum Gasteiger partial charge on any atom is 0.363 e. The number of anilines is 1. The molecule has 4 N–H and O–H groups in total. The summed E-state index contributed by atoms with van der Waals surface area (Å²) in [6.07, 6.45) is 1.30. The van der Waals surface area contributed by atoms with Crippen molar-refractivity contribution in [2.45, 2.75) is 197 Å². The minimum atomic E-state index is -1.03. The van der Waals surface area contributed by atoms with Crippen LogP contribution in [0.1, 0.15) is 128 Å². The van der Waals surface area contributed by atoms with Crippen LogP contribution in [0.4, 0.5) is 5.69 Å². The lowest BCUT2D eigenvalue weighted by Gasteiger charge is -2.65. The summed E-state index contributed by atoms with van der Waals surface area (Å²) in [5.74, 6) is -1.74. The standard InChI is InChI=1S/C52H72N2O16/c1-27-25-53(33-9-6-30(7-10-33)49(61)70-54-41(58)12-13-42(54)59)19-16-44(64-27)68-47-28(2)66-46(24-39(47)56)69-48-29(3)65-45(23-38(48)55)67-34-14-17-50(4)32(21-34)8-11-36-37(50)22-40(57)51(5)35(15-18-52(36,51)62)31-20-43(60)63-26-31/h6-7,9-10,20,27-29,32,34-40,44-48,55-57,62H,8,11-19,21-26H2,1-5H3/t27?,28-,29?,32?,34+,35-,36-,37+,38+,39+,40?,44+,45+,46+,47-,48-,50?,51?,52+/m1/s1. The van der Waals surface area contributed by atoms with E-state index in [1.165, 1.54) is 0 Å². The van der Waals surface area contributed by atoms with Crippen molar-refractivity contribution in [3.63, 3.8) is 0 Å². The molecular weight excluding hydrogens is 909 g/mol. The Morgan fingerprint density at radius 2 is 1.40 bits per heavy atom. The van der Waals surface area contributed by atoms with Gasteiger partial charge in [-0.05, 0) is 131 Å². The van der Waals surface area contributed by atoms with Gasteiger partial charge >= 0.3 is 11.9 Å². The lowest BCUT2D eigenvalue weighted by atomic mass is 9.42. The molecular formula is C52H72N2O16. The zero-order valence-electron chi connectivity index (χ0n) is 41.0. The second kappa shape index (κ2) is 19.4. The highest BCUT2D eigenvalue weighted by Gasteiger charge is 2.71. The molecule has 8 fully saturated rings. The van der Waals surface area contributed by atoms with Crippen LogP contribution in [0.3, 0.4) is 0 Å². The van der Waals surface area contributed by atoms with E-state index < -0.39 is 90.4 Å². The molecule has 1 aromatic rings. The Hall–Kier alpha value is -3.56. The molecule has 9 aliphatic rings. The van der Waals surface area contributed by atoms with Gasteiger partial charge in [0.2, 0.25) is 0 Å². The van der Waals surface area contributed by atoms with Crippen LogP contribution in [0.2, 0.25) is 0 Å². The maximum absolute atomic E-state index is 12.6. The summed E-state index contributed by atoms with van der Waals surface area (Å²) in [5.41, 5.74) is 0.0892. The Labute approximate surface area is 409 Å². The molecule has 386 valence electrons. The van der Waals surface area contributed by atoms with Crippen molar-refractivity contribution < 1.29 is 77.6 Å². The van der Waals surface area contributed by atoms with Gasteiger partial charge in [0.1, 0.15) is 18.8 Å². The van der Waals surface area contributed by atoms with Gasteiger partial charge in [0, 0.05) is 62.4 Å². The van der Waals surface area contributed by atoms with Crippen molar-refractivity contribution in [3.05, 3.63) is 41.5 Å². The summed E-state index contributed by atoms with van der Waals surface area (Å²) in [7, 11) is 0. The number of hydrogen-bond acceptors (Lipinski definition) is 17. The number of imide groups is 1. The first-order chi connectivity index (χ1) is 33.3.